The van der Waals surface area contributed by atoms with Gasteiger partial charge in [0.2, 0.25) is 0 Å². The van der Waals surface area contributed by atoms with E-state index in [0.717, 1.165) is 23.7 Å². The van der Waals surface area contributed by atoms with E-state index in [2.05, 4.69) is 10.3 Å². The van der Waals surface area contributed by atoms with E-state index in [-0.39, 0.29) is 17.9 Å². The number of aromatic nitrogens is 3. The summed E-state index contributed by atoms with van der Waals surface area (Å²) in [4.78, 5) is 23.5. The predicted molar refractivity (Wildman–Crippen MR) is 123 cm³/mol. The van der Waals surface area contributed by atoms with Crippen LogP contribution in [0.3, 0.4) is 0 Å². The molecule has 0 radical (unpaired) electrons. The Bertz CT molecular complexity index is 1290. The SMILES string of the molecule is COc1ccc([C@@H]2O[C@H](COC(C)=O)[C@H](OC(C)=O)[C@H](n3cc(-c4cc(F)c(F)c(F)c4)nn3)[C@H]2O)cc1. The van der Waals surface area contributed by atoms with Crippen molar-refractivity contribution < 1.29 is 46.8 Å². The number of benzene rings is 2. The molecule has 2 heterocycles. The molecule has 3 aromatic rings. The highest BCUT2D eigenvalue weighted by molar-refractivity contribution is 5.67. The molecule has 0 saturated carbocycles. The summed E-state index contributed by atoms with van der Waals surface area (Å²) in [6.45, 7) is 2.03. The number of nitrogens with zero attached hydrogens (tertiary/aromatic N) is 3. The van der Waals surface area contributed by atoms with Crippen molar-refractivity contribution >= 4 is 11.9 Å². The molecular weight excluding hydrogens is 511 g/mol. The van der Waals surface area contributed by atoms with Crippen LogP contribution in [0.15, 0.2) is 42.6 Å². The maximum absolute atomic E-state index is 13.8. The third-order valence-electron chi connectivity index (χ3n) is 5.98. The number of carbonyl (C=O) groups is 2. The van der Waals surface area contributed by atoms with Gasteiger partial charge in [0.25, 0.3) is 0 Å². The van der Waals surface area contributed by atoms with Crippen molar-refractivity contribution in [2.75, 3.05) is 13.7 Å². The van der Waals surface area contributed by atoms with E-state index in [4.69, 9.17) is 18.9 Å². The van der Waals surface area contributed by atoms with Gasteiger partial charge in [-0.2, -0.15) is 0 Å². The Hall–Kier alpha value is -3.97. The molecule has 0 unspecified atom stereocenters. The molecule has 1 aliphatic heterocycles. The number of hydrogen-bond acceptors (Lipinski definition) is 9. The van der Waals surface area contributed by atoms with Crippen molar-refractivity contribution in [2.24, 2.45) is 0 Å². The standard InChI is InChI=1S/C25H24F3N3O7/c1-12(32)36-11-20-25(37-13(2)33)22(23(34)24(38-20)14-4-6-16(35-3)7-5-14)31-10-19(29-30-31)15-8-17(26)21(28)18(27)9-15/h4-10,20,22-25,34H,11H2,1-3H3/t20-,22-,23-,24+,25+/m1/s1. The van der Waals surface area contributed by atoms with Gasteiger partial charge in [0.15, 0.2) is 23.6 Å². The van der Waals surface area contributed by atoms with Gasteiger partial charge in [0.05, 0.1) is 13.3 Å². The maximum atomic E-state index is 13.8. The Balaban J connectivity index is 1.76. The minimum absolute atomic E-state index is 0.0411. The monoisotopic (exact) mass is 535 g/mol. The number of ether oxygens (including phenoxy) is 4. The van der Waals surface area contributed by atoms with Gasteiger partial charge in [-0.15, -0.1) is 5.10 Å². The number of esters is 2. The van der Waals surface area contributed by atoms with E-state index in [1.165, 1.54) is 20.2 Å². The molecule has 1 aliphatic rings. The lowest BCUT2D eigenvalue weighted by Gasteiger charge is -2.44. The average Bonchev–Trinajstić information content (AvgIpc) is 3.36. The van der Waals surface area contributed by atoms with Crippen LogP contribution >= 0.6 is 0 Å². The van der Waals surface area contributed by atoms with Crippen molar-refractivity contribution in [2.45, 2.75) is 44.3 Å². The molecule has 202 valence electrons. The summed E-state index contributed by atoms with van der Waals surface area (Å²) in [5.74, 6) is -5.23. The van der Waals surface area contributed by atoms with E-state index in [1.807, 2.05) is 0 Å². The van der Waals surface area contributed by atoms with E-state index in [0.29, 0.717) is 11.3 Å². The Labute approximate surface area is 214 Å². The van der Waals surface area contributed by atoms with Crippen LogP contribution in [0.5, 0.6) is 5.75 Å². The number of aliphatic hydroxyl groups is 1. The maximum Gasteiger partial charge on any atom is 0.303 e. The Kier molecular flexibility index (Phi) is 7.97. The van der Waals surface area contributed by atoms with Crippen molar-refractivity contribution in [1.82, 2.24) is 15.0 Å². The number of aliphatic hydroxyl groups excluding tert-OH is 1. The first-order valence-corrected chi connectivity index (χ1v) is 11.4. The molecule has 5 atom stereocenters. The molecule has 2 aromatic carbocycles. The Morgan fingerprint density at radius 2 is 1.74 bits per heavy atom. The fourth-order valence-electron chi connectivity index (χ4n) is 4.24. The molecule has 0 spiro atoms. The second-order valence-corrected chi connectivity index (χ2v) is 8.56. The van der Waals surface area contributed by atoms with Gasteiger partial charge in [-0.1, -0.05) is 17.3 Å². The molecule has 1 N–H and O–H groups in total. The zero-order valence-electron chi connectivity index (χ0n) is 20.5. The second-order valence-electron chi connectivity index (χ2n) is 8.56. The number of methoxy groups -OCH3 is 1. The highest BCUT2D eigenvalue weighted by Crippen LogP contribution is 2.40. The smallest absolute Gasteiger partial charge is 0.303 e. The van der Waals surface area contributed by atoms with Gasteiger partial charge < -0.3 is 24.1 Å². The molecule has 1 fully saturated rings. The van der Waals surface area contributed by atoms with Crippen molar-refractivity contribution in [3.8, 4) is 17.0 Å². The molecule has 0 bridgehead atoms. The highest BCUT2D eigenvalue weighted by Gasteiger charge is 2.49. The Morgan fingerprint density at radius 3 is 2.32 bits per heavy atom. The van der Waals surface area contributed by atoms with Gasteiger partial charge in [-0.25, -0.2) is 17.9 Å². The lowest BCUT2D eigenvalue weighted by Crippen LogP contribution is -2.54. The molecule has 1 saturated heterocycles. The van der Waals surface area contributed by atoms with Crippen LogP contribution < -0.4 is 4.74 Å². The Morgan fingerprint density at radius 1 is 1.08 bits per heavy atom. The normalized spacial score (nSPS) is 23.1. The zero-order valence-corrected chi connectivity index (χ0v) is 20.5. The van der Waals surface area contributed by atoms with Gasteiger partial charge in [0, 0.05) is 19.4 Å². The fourth-order valence-corrected chi connectivity index (χ4v) is 4.24. The van der Waals surface area contributed by atoms with Crippen LogP contribution in [0.25, 0.3) is 11.3 Å². The molecule has 38 heavy (non-hydrogen) atoms. The quantitative estimate of drug-likeness (QED) is 0.360. The van der Waals surface area contributed by atoms with Crippen molar-refractivity contribution in [3.63, 3.8) is 0 Å². The fraction of sp³-hybridized carbons (Fsp3) is 0.360. The molecule has 10 nitrogen and oxygen atoms in total. The van der Waals surface area contributed by atoms with E-state index < -0.39 is 59.8 Å². The number of hydrogen-bond donors (Lipinski definition) is 1. The predicted octanol–water partition coefficient (Wildman–Crippen LogP) is 2.91. The highest BCUT2D eigenvalue weighted by atomic mass is 19.2. The van der Waals surface area contributed by atoms with Gasteiger partial charge >= 0.3 is 11.9 Å². The number of halogens is 3. The van der Waals surface area contributed by atoms with Gasteiger partial charge in [0.1, 0.15) is 42.4 Å². The summed E-state index contributed by atoms with van der Waals surface area (Å²) in [7, 11) is 1.50. The van der Waals surface area contributed by atoms with E-state index in [9.17, 15) is 27.9 Å². The molecule has 1 aromatic heterocycles. The first-order chi connectivity index (χ1) is 18.1. The van der Waals surface area contributed by atoms with Gasteiger partial charge in [-0.05, 0) is 29.8 Å². The van der Waals surface area contributed by atoms with Crippen LogP contribution in [-0.2, 0) is 23.8 Å². The minimum atomic E-state index is -1.63. The summed E-state index contributed by atoms with van der Waals surface area (Å²) in [5.41, 5.74) is 0.377. The van der Waals surface area contributed by atoms with Crippen LogP contribution in [-0.4, -0.2) is 64.1 Å². The molecular formula is C25H24F3N3O7. The first-order valence-electron chi connectivity index (χ1n) is 11.4. The summed E-state index contributed by atoms with van der Waals surface area (Å²) >= 11 is 0. The van der Waals surface area contributed by atoms with Crippen LogP contribution in [0.4, 0.5) is 13.2 Å². The molecule has 0 amide bonds. The van der Waals surface area contributed by atoms with Gasteiger partial charge in [-0.3, -0.25) is 9.59 Å². The largest absolute Gasteiger partial charge is 0.497 e. The summed E-state index contributed by atoms with van der Waals surface area (Å²) in [6.07, 6.45) is -3.40. The third kappa shape index (κ3) is 5.63. The van der Waals surface area contributed by atoms with Crippen molar-refractivity contribution in [1.29, 1.82) is 0 Å². The second kappa shape index (κ2) is 11.2. The van der Waals surface area contributed by atoms with Crippen LogP contribution in [0.1, 0.15) is 31.6 Å². The topological polar surface area (TPSA) is 122 Å². The molecule has 13 heteroatoms. The third-order valence-corrected chi connectivity index (χ3v) is 5.98. The van der Waals surface area contributed by atoms with E-state index >= 15 is 0 Å². The summed E-state index contributed by atoms with van der Waals surface area (Å²) in [5, 5.41) is 19.3. The minimum Gasteiger partial charge on any atom is -0.497 e. The van der Waals surface area contributed by atoms with Crippen molar-refractivity contribution in [3.05, 3.63) is 65.6 Å². The lowest BCUT2D eigenvalue weighted by atomic mass is 9.89. The summed E-state index contributed by atoms with van der Waals surface area (Å²) in [6, 6.07) is 7.00. The molecule has 4 rings (SSSR count). The zero-order chi connectivity index (χ0) is 27.6. The van der Waals surface area contributed by atoms with Crippen LogP contribution in [0, 0.1) is 17.5 Å². The average molecular weight is 535 g/mol. The number of rotatable bonds is 7. The molecule has 0 aliphatic carbocycles. The number of carbonyl (C=O) groups excluding carboxylic acids is 2. The first kappa shape index (κ1) is 27.1. The lowest BCUT2D eigenvalue weighted by molar-refractivity contribution is -0.223. The summed E-state index contributed by atoms with van der Waals surface area (Å²) < 4.78 is 64.1. The van der Waals surface area contributed by atoms with E-state index in [1.54, 1.807) is 24.3 Å². The van der Waals surface area contributed by atoms with Crippen LogP contribution in [0.2, 0.25) is 0 Å².